The average Bonchev–Trinajstić information content (AvgIpc) is 2.69. The van der Waals surface area contributed by atoms with E-state index in [1.165, 1.54) is 18.4 Å². The number of hydrogen-bond donors (Lipinski definition) is 1. The lowest BCUT2D eigenvalue weighted by molar-refractivity contribution is -0.124. The third kappa shape index (κ3) is 4.91. The first kappa shape index (κ1) is 19.0. The van der Waals surface area contributed by atoms with E-state index in [2.05, 4.69) is 25.2 Å². The Morgan fingerprint density at radius 1 is 1.27 bits per heavy atom. The average molecular weight is 373 g/mol. The monoisotopic (exact) mass is 372 g/mol. The summed E-state index contributed by atoms with van der Waals surface area (Å²) >= 11 is 1.70. The molecule has 2 aliphatic rings. The summed E-state index contributed by atoms with van der Waals surface area (Å²) in [6.45, 7) is 4.89. The minimum absolute atomic E-state index is 0.0117. The molecule has 140 valence electrons. The van der Waals surface area contributed by atoms with E-state index in [1.807, 2.05) is 24.3 Å². The summed E-state index contributed by atoms with van der Waals surface area (Å²) in [7, 11) is 0. The zero-order valence-corrected chi connectivity index (χ0v) is 16.5. The maximum absolute atomic E-state index is 12.8. The first-order valence-electron chi connectivity index (χ1n) is 9.48. The number of amides is 2. The van der Waals surface area contributed by atoms with Gasteiger partial charge in [-0.1, -0.05) is 23.8 Å². The molecule has 0 bridgehead atoms. The van der Waals surface area contributed by atoms with Crippen LogP contribution in [0.4, 0.5) is 5.69 Å². The van der Waals surface area contributed by atoms with Crippen LogP contribution in [-0.4, -0.2) is 29.7 Å². The number of allylic oxidation sites excluding steroid dienone is 1. The van der Waals surface area contributed by atoms with E-state index in [0.717, 1.165) is 29.8 Å². The van der Waals surface area contributed by atoms with Gasteiger partial charge < -0.3 is 10.2 Å². The highest BCUT2D eigenvalue weighted by molar-refractivity contribution is 8.00. The number of para-hydroxylation sites is 1. The molecule has 0 atom stereocenters. The van der Waals surface area contributed by atoms with E-state index < -0.39 is 0 Å². The van der Waals surface area contributed by atoms with Gasteiger partial charge in [0.1, 0.15) is 6.54 Å². The second-order valence-electron chi connectivity index (χ2n) is 7.69. The number of benzene rings is 1. The molecule has 0 saturated heterocycles. The van der Waals surface area contributed by atoms with Crippen LogP contribution in [0.5, 0.6) is 0 Å². The Labute approximate surface area is 160 Å². The van der Waals surface area contributed by atoms with Crippen LogP contribution in [0.15, 0.2) is 40.8 Å². The van der Waals surface area contributed by atoms with Crippen molar-refractivity contribution in [1.29, 1.82) is 0 Å². The zero-order valence-electron chi connectivity index (χ0n) is 15.7. The van der Waals surface area contributed by atoms with Crippen LogP contribution in [0, 0.1) is 0 Å². The second-order valence-corrected chi connectivity index (χ2v) is 9.44. The second kappa shape index (κ2) is 8.30. The first-order chi connectivity index (χ1) is 12.4. The molecule has 5 heteroatoms. The highest BCUT2D eigenvalue weighted by Gasteiger charge is 2.33. The van der Waals surface area contributed by atoms with Gasteiger partial charge in [0.05, 0.1) is 5.69 Å². The summed E-state index contributed by atoms with van der Waals surface area (Å²) in [5.74, 6) is -0.0770. The summed E-state index contributed by atoms with van der Waals surface area (Å²) < 4.78 is -0.175. The molecule has 1 aliphatic carbocycles. The Kier molecular flexibility index (Phi) is 6.07. The van der Waals surface area contributed by atoms with E-state index in [1.54, 1.807) is 16.7 Å². The number of anilines is 1. The molecule has 1 aliphatic heterocycles. The van der Waals surface area contributed by atoms with Crippen molar-refractivity contribution in [3.8, 4) is 0 Å². The van der Waals surface area contributed by atoms with Crippen LogP contribution in [0.1, 0.15) is 52.4 Å². The molecule has 0 spiro atoms. The molecule has 1 N–H and O–H groups in total. The van der Waals surface area contributed by atoms with Crippen LogP contribution < -0.4 is 10.2 Å². The van der Waals surface area contributed by atoms with Crippen molar-refractivity contribution >= 4 is 29.3 Å². The van der Waals surface area contributed by atoms with Crippen molar-refractivity contribution in [3.63, 3.8) is 0 Å². The molecule has 0 unspecified atom stereocenters. The minimum Gasteiger partial charge on any atom is -0.354 e. The Morgan fingerprint density at radius 2 is 2.08 bits per heavy atom. The van der Waals surface area contributed by atoms with Gasteiger partial charge >= 0.3 is 0 Å². The number of fused-ring (bicyclic) bond motifs is 1. The highest BCUT2D eigenvalue weighted by Crippen LogP contribution is 2.43. The predicted octanol–water partition coefficient (Wildman–Crippen LogP) is 4.30. The Hall–Kier alpha value is -1.75. The van der Waals surface area contributed by atoms with Gasteiger partial charge in [-0.3, -0.25) is 9.59 Å². The van der Waals surface area contributed by atoms with Gasteiger partial charge in [0.25, 0.3) is 0 Å². The smallest absolute Gasteiger partial charge is 0.240 e. The quantitative estimate of drug-likeness (QED) is 0.784. The molecular weight excluding hydrogens is 344 g/mol. The fourth-order valence-electron chi connectivity index (χ4n) is 3.56. The number of nitrogens with zero attached hydrogens (tertiary/aromatic N) is 1. The van der Waals surface area contributed by atoms with Gasteiger partial charge in [0, 0.05) is 22.6 Å². The van der Waals surface area contributed by atoms with E-state index >= 15 is 0 Å². The van der Waals surface area contributed by atoms with Crippen molar-refractivity contribution in [1.82, 2.24) is 5.32 Å². The fourth-order valence-corrected chi connectivity index (χ4v) is 4.78. The maximum Gasteiger partial charge on any atom is 0.240 e. The lowest BCUT2D eigenvalue weighted by Crippen LogP contribution is -2.42. The summed E-state index contributed by atoms with van der Waals surface area (Å²) in [6, 6.07) is 7.86. The Balaban J connectivity index is 1.63. The van der Waals surface area contributed by atoms with Crippen molar-refractivity contribution in [2.45, 2.75) is 62.0 Å². The highest BCUT2D eigenvalue weighted by atomic mass is 32.2. The van der Waals surface area contributed by atoms with E-state index in [-0.39, 0.29) is 23.1 Å². The molecule has 26 heavy (non-hydrogen) atoms. The number of hydrogen-bond acceptors (Lipinski definition) is 3. The summed E-state index contributed by atoms with van der Waals surface area (Å²) in [4.78, 5) is 27.9. The van der Waals surface area contributed by atoms with E-state index in [4.69, 9.17) is 0 Å². The topological polar surface area (TPSA) is 49.4 Å². The molecule has 1 heterocycles. The summed E-state index contributed by atoms with van der Waals surface area (Å²) in [6.07, 6.45) is 8.50. The largest absolute Gasteiger partial charge is 0.354 e. The van der Waals surface area contributed by atoms with Crippen LogP contribution in [0.25, 0.3) is 0 Å². The molecule has 0 radical (unpaired) electrons. The van der Waals surface area contributed by atoms with Crippen molar-refractivity contribution in [2.24, 2.45) is 0 Å². The molecule has 4 nitrogen and oxygen atoms in total. The van der Waals surface area contributed by atoms with Gasteiger partial charge in [-0.05, 0) is 58.1 Å². The zero-order chi connectivity index (χ0) is 18.6. The normalized spacial score (nSPS) is 19.4. The van der Waals surface area contributed by atoms with Gasteiger partial charge in [-0.15, -0.1) is 11.8 Å². The minimum atomic E-state index is -0.175. The molecule has 0 saturated carbocycles. The molecular formula is C21H28N2O2S. The van der Waals surface area contributed by atoms with E-state index in [9.17, 15) is 9.59 Å². The van der Waals surface area contributed by atoms with Gasteiger partial charge in [-0.25, -0.2) is 0 Å². The van der Waals surface area contributed by atoms with Crippen LogP contribution >= 0.6 is 11.8 Å². The van der Waals surface area contributed by atoms with Crippen molar-refractivity contribution in [2.75, 3.05) is 18.0 Å². The fraction of sp³-hybridized carbons (Fsp3) is 0.524. The van der Waals surface area contributed by atoms with Crippen LogP contribution in [0.3, 0.4) is 0 Å². The third-order valence-corrected chi connectivity index (χ3v) is 6.14. The Morgan fingerprint density at radius 3 is 2.85 bits per heavy atom. The van der Waals surface area contributed by atoms with Crippen molar-refractivity contribution in [3.05, 3.63) is 35.9 Å². The standard InChI is InChI=1S/C21H28N2O2S/c1-21(2)14-20(25)23(17-10-6-7-11-18(17)26-21)15-19(24)22-13-12-16-8-4-3-5-9-16/h6-8,10-11H,3-5,9,12-15H2,1-2H3,(H,22,24). The van der Waals surface area contributed by atoms with Gasteiger partial charge in [0.15, 0.2) is 0 Å². The summed E-state index contributed by atoms with van der Waals surface area (Å²) in [5, 5.41) is 2.99. The molecule has 0 fully saturated rings. The van der Waals surface area contributed by atoms with Crippen LogP contribution in [0.2, 0.25) is 0 Å². The third-order valence-electron chi connectivity index (χ3n) is 4.88. The Bertz CT molecular complexity index is 712. The molecule has 1 aromatic rings. The summed E-state index contributed by atoms with van der Waals surface area (Å²) in [5.41, 5.74) is 2.30. The predicted molar refractivity (Wildman–Crippen MR) is 108 cm³/mol. The molecule has 2 amide bonds. The van der Waals surface area contributed by atoms with E-state index in [0.29, 0.717) is 13.0 Å². The van der Waals surface area contributed by atoms with Crippen molar-refractivity contribution < 1.29 is 9.59 Å². The molecule has 0 aromatic heterocycles. The number of thioether (sulfide) groups is 1. The first-order valence-corrected chi connectivity index (χ1v) is 10.3. The van der Waals surface area contributed by atoms with Gasteiger partial charge in [-0.2, -0.15) is 0 Å². The van der Waals surface area contributed by atoms with Crippen LogP contribution in [-0.2, 0) is 9.59 Å². The molecule has 3 rings (SSSR count). The number of carbonyl (C=O) groups is 2. The number of nitrogens with one attached hydrogen (secondary N) is 1. The molecule has 1 aromatic carbocycles. The van der Waals surface area contributed by atoms with Gasteiger partial charge in [0.2, 0.25) is 11.8 Å². The lowest BCUT2D eigenvalue weighted by atomic mass is 9.97. The SMILES string of the molecule is CC1(C)CC(=O)N(CC(=O)NCCC2=CCCCC2)c2ccccc2S1. The number of carbonyl (C=O) groups excluding carboxylic acids is 2. The maximum atomic E-state index is 12.8. The number of rotatable bonds is 5. The lowest BCUT2D eigenvalue weighted by Gasteiger charge is -2.23.